The summed E-state index contributed by atoms with van der Waals surface area (Å²) in [7, 11) is 0. The zero-order valence-corrected chi connectivity index (χ0v) is 9.54. The van der Waals surface area contributed by atoms with Crippen molar-refractivity contribution >= 4 is 23.9 Å². The number of thioether (sulfide) groups is 1. The molecule has 1 atom stereocenters. The second-order valence-electron chi connectivity index (χ2n) is 3.40. The molecule has 1 aromatic rings. The first-order chi connectivity index (χ1) is 7.88. The van der Waals surface area contributed by atoms with Crippen LogP contribution in [0.15, 0.2) is 35.3 Å². The Bertz CT molecular complexity index is 380. The number of nitrogens with zero attached hydrogens (tertiary/aromatic N) is 1. The van der Waals surface area contributed by atoms with Gasteiger partial charge >= 0.3 is 0 Å². The molecular formula is C11H13N3OS. The van der Waals surface area contributed by atoms with Gasteiger partial charge in [-0.1, -0.05) is 30.3 Å². The molecule has 0 aromatic heterocycles. The quantitative estimate of drug-likeness (QED) is 0.746. The van der Waals surface area contributed by atoms with Gasteiger partial charge in [-0.2, -0.15) is 0 Å². The second kappa shape index (κ2) is 5.67. The Morgan fingerprint density at radius 2 is 2.12 bits per heavy atom. The van der Waals surface area contributed by atoms with E-state index in [1.165, 1.54) is 5.56 Å². The summed E-state index contributed by atoms with van der Waals surface area (Å²) in [5, 5.41) is 0. The van der Waals surface area contributed by atoms with Crippen molar-refractivity contribution in [2.24, 2.45) is 4.99 Å². The van der Waals surface area contributed by atoms with Crippen molar-refractivity contribution in [3.8, 4) is 0 Å². The molecule has 1 aliphatic rings. The summed E-state index contributed by atoms with van der Waals surface area (Å²) >= 11 is 1.77. The molecule has 4 nitrogen and oxygen atoms in total. The number of aldehydes is 1. The van der Waals surface area contributed by atoms with Gasteiger partial charge in [-0.3, -0.25) is 4.79 Å². The fourth-order valence-electron chi connectivity index (χ4n) is 1.37. The maximum absolute atomic E-state index is 10.4. The van der Waals surface area contributed by atoms with Gasteiger partial charge in [0.25, 0.3) is 0 Å². The van der Waals surface area contributed by atoms with E-state index in [-0.39, 0.29) is 0 Å². The third kappa shape index (κ3) is 3.08. The van der Waals surface area contributed by atoms with Gasteiger partial charge in [0.2, 0.25) is 0 Å². The first-order valence-electron chi connectivity index (χ1n) is 5.03. The average molecular weight is 235 g/mol. The number of rotatable bonds is 5. The lowest BCUT2D eigenvalue weighted by molar-refractivity contribution is -0.109. The van der Waals surface area contributed by atoms with Crippen molar-refractivity contribution in [1.82, 2.24) is 10.9 Å². The summed E-state index contributed by atoms with van der Waals surface area (Å²) in [6, 6.07) is 10.3. The predicted molar refractivity (Wildman–Crippen MR) is 66.2 cm³/mol. The summed E-state index contributed by atoms with van der Waals surface area (Å²) in [5.74, 6) is 2.57. The minimum Gasteiger partial charge on any atom is -0.306 e. The fraction of sp³-hybridized carbons (Fsp3) is 0.273. The van der Waals surface area contributed by atoms with E-state index in [4.69, 9.17) is 0 Å². The molecule has 0 amide bonds. The minimum absolute atomic E-state index is 0.424. The molecule has 1 aromatic carbocycles. The van der Waals surface area contributed by atoms with Crippen LogP contribution in [0.5, 0.6) is 0 Å². The molecule has 1 heterocycles. The van der Waals surface area contributed by atoms with Gasteiger partial charge in [-0.15, -0.1) is 11.8 Å². The topological polar surface area (TPSA) is 53.5 Å². The minimum atomic E-state index is -0.424. The molecule has 5 heteroatoms. The normalized spacial score (nSPS) is 19.0. The molecular weight excluding hydrogens is 222 g/mol. The van der Waals surface area contributed by atoms with Crippen LogP contribution in [-0.4, -0.2) is 24.0 Å². The van der Waals surface area contributed by atoms with Crippen LogP contribution in [0.2, 0.25) is 0 Å². The molecule has 2 rings (SSSR count). The number of hydrazine groups is 1. The Hall–Kier alpha value is -1.33. The van der Waals surface area contributed by atoms with E-state index in [9.17, 15) is 4.79 Å². The summed E-state index contributed by atoms with van der Waals surface area (Å²) in [5.41, 5.74) is 6.96. The van der Waals surface area contributed by atoms with Gasteiger partial charge < -0.3 is 5.43 Å². The van der Waals surface area contributed by atoms with Crippen LogP contribution >= 0.6 is 11.8 Å². The van der Waals surface area contributed by atoms with Crippen molar-refractivity contribution in [2.75, 3.05) is 5.75 Å². The Morgan fingerprint density at radius 1 is 1.31 bits per heavy atom. The van der Waals surface area contributed by atoms with Gasteiger partial charge in [-0.25, -0.2) is 10.4 Å². The maximum atomic E-state index is 10.4. The van der Waals surface area contributed by atoms with Gasteiger partial charge in [-0.05, 0) is 5.56 Å². The third-order valence-electron chi connectivity index (χ3n) is 2.14. The van der Waals surface area contributed by atoms with E-state index >= 15 is 0 Å². The zero-order chi connectivity index (χ0) is 11.2. The smallest absolute Gasteiger partial charge is 0.174 e. The third-order valence-corrected chi connectivity index (χ3v) is 3.15. The fourth-order valence-corrected chi connectivity index (χ4v) is 2.24. The van der Waals surface area contributed by atoms with Gasteiger partial charge in [0.1, 0.15) is 5.84 Å². The van der Waals surface area contributed by atoms with E-state index in [1.807, 2.05) is 18.2 Å². The van der Waals surface area contributed by atoms with Crippen LogP contribution in [0, 0.1) is 0 Å². The number of nitrogens with one attached hydrogen (secondary N) is 2. The summed E-state index contributed by atoms with van der Waals surface area (Å²) in [6.07, 6.45) is 0.356. The van der Waals surface area contributed by atoms with Crippen molar-refractivity contribution in [3.05, 3.63) is 35.9 Å². The average Bonchev–Trinajstić information content (AvgIpc) is 2.78. The van der Waals surface area contributed by atoms with E-state index < -0.39 is 6.17 Å². The van der Waals surface area contributed by atoms with Crippen molar-refractivity contribution in [1.29, 1.82) is 0 Å². The second-order valence-corrected chi connectivity index (χ2v) is 4.39. The molecule has 1 aliphatic heterocycles. The molecule has 0 radical (unpaired) electrons. The van der Waals surface area contributed by atoms with Crippen LogP contribution in [0.4, 0.5) is 0 Å². The number of amidine groups is 1. The standard InChI is InChI=1S/C11H13N3OS/c15-6-10-12-11(14-13-10)8-16-7-9-4-2-1-3-5-9/h1-6,10,13H,7-8H2,(H,12,14). The largest absolute Gasteiger partial charge is 0.306 e. The number of carbonyl (C=O) groups is 1. The highest BCUT2D eigenvalue weighted by atomic mass is 32.2. The molecule has 2 N–H and O–H groups in total. The van der Waals surface area contributed by atoms with Crippen LogP contribution in [0.3, 0.4) is 0 Å². The molecule has 0 fully saturated rings. The van der Waals surface area contributed by atoms with Crippen molar-refractivity contribution < 1.29 is 4.79 Å². The molecule has 0 spiro atoms. The lowest BCUT2D eigenvalue weighted by Gasteiger charge is -2.02. The Morgan fingerprint density at radius 3 is 2.81 bits per heavy atom. The van der Waals surface area contributed by atoms with Crippen LogP contribution in [0.25, 0.3) is 0 Å². The van der Waals surface area contributed by atoms with Gasteiger partial charge in [0.15, 0.2) is 12.5 Å². The van der Waals surface area contributed by atoms with Gasteiger partial charge in [0.05, 0.1) is 5.75 Å². The number of carbonyl (C=O) groups excluding carboxylic acids is 1. The van der Waals surface area contributed by atoms with E-state index in [0.717, 1.165) is 23.6 Å². The van der Waals surface area contributed by atoms with E-state index in [1.54, 1.807) is 11.8 Å². The first kappa shape index (κ1) is 11.2. The summed E-state index contributed by atoms with van der Waals surface area (Å²) < 4.78 is 0. The predicted octanol–water partition coefficient (Wildman–Crippen LogP) is 0.951. The molecule has 0 saturated heterocycles. The Labute approximate surface area is 98.5 Å². The van der Waals surface area contributed by atoms with Crippen LogP contribution < -0.4 is 10.9 Å². The Balaban J connectivity index is 1.75. The number of benzene rings is 1. The maximum Gasteiger partial charge on any atom is 0.174 e. The van der Waals surface area contributed by atoms with Crippen molar-refractivity contribution in [3.63, 3.8) is 0 Å². The Kier molecular flexibility index (Phi) is 3.96. The first-order valence-corrected chi connectivity index (χ1v) is 6.19. The van der Waals surface area contributed by atoms with Crippen LogP contribution in [0.1, 0.15) is 5.56 Å². The van der Waals surface area contributed by atoms with E-state index in [2.05, 4.69) is 28.0 Å². The lowest BCUT2D eigenvalue weighted by atomic mass is 10.2. The molecule has 1 unspecified atom stereocenters. The molecule has 84 valence electrons. The summed E-state index contributed by atoms with van der Waals surface area (Å²) in [6.45, 7) is 0. The van der Waals surface area contributed by atoms with Crippen LogP contribution in [-0.2, 0) is 10.5 Å². The molecule has 16 heavy (non-hydrogen) atoms. The zero-order valence-electron chi connectivity index (χ0n) is 8.72. The highest BCUT2D eigenvalue weighted by Crippen LogP contribution is 2.12. The van der Waals surface area contributed by atoms with Crippen molar-refractivity contribution in [2.45, 2.75) is 11.9 Å². The monoisotopic (exact) mass is 235 g/mol. The number of hydrogen-bond donors (Lipinski definition) is 2. The lowest BCUT2D eigenvalue weighted by Crippen LogP contribution is -2.36. The van der Waals surface area contributed by atoms with Gasteiger partial charge in [0, 0.05) is 5.75 Å². The SMILES string of the molecule is O=CC1N=C(CSCc2ccccc2)NN1. The van der Waals surface area contributed by atoms with E-state index in [0.29, 0.717) is 0 Å². The highest BCUT2D eigenvalue weighted by molar-refractivity contribution is 7.99. The highest BCUT2D eigenvalue weighted by Gasteiger charge is 2.13. The molecule has 0 saturated carbocycles. The molecule has 0 aliphatic carbocycles. The number of hydrogen-bond acceptors (Lipinski definition) is 5. The summed E-state index contributed by atoms with van der Waals surface area (Å²) in [4.78, 5) is 14.6. The number of aliphatic imine (C=N–C) groups is 1. The molecule has 0 bridgehead atoms.